The highest BCUT2D eigenvalue weighted by Gasteiger charge is 2.22. The topological polar surface area (TPSA) is 81.8 Å². The average molecular weight is 477 g/mol. The molecule has 3 aromatic rings. The Morgan fingerprint density at radius 1 is 0.853 bits per heavy atom. The molecule has 0 unspecified atom stereocenters. The van der Waals surface area contributed by atoms with Gasteiger partial charge in [0.25, 0.3) is 5.91 Å². The SMILES string of the molecule is Cc1ccc(CC(=O)N2CCN(CC(=O)Nc3ccc(NC(=O)c4cccs4)cc3)CC2)cc1. The lowest BCUT2D eigenvalue weighted by Crippen LogP contribution is -2.50. The number of thiophene rings is 1. The Balaban J connectivity index is 1.19. The smallest absolute Gasteiger partial charge is 0.265 e. The number of amides is 3. The molecule has 2 heterocycles. The van der Waals surface area contributed by atoms with Crippen LogP contribution in [0.25, 0.3) is 0 Å². The van der Waals surface area contributed by atoms with Gasteiger partial charge in [-0.25, -0.2) is 0 Å². The van der Waals surface area contributed by atoms with Gasteiger partial charge in [0.2, 0.25) is 11.8 Å². The minimum atomic E-state index is -0.150. The quantitative estimate of drug-likeness (QED) is 0.546. The first-order valence-corrected chi connectivity index (χ1v) is 12.1. The van der Waals surface area contributed by atoms with Crippen LogP contribution in [0.2, 0.25) is 0 Å². The predicted molar refractivity (Wildman–Crippen MR) is 135 cm³/mol. The van der Waals surface area contributed by atoms with Gasteiger partial charge in [0, 0.05) is 37.6 Å². The third kappa shape index (κ3) is 6.52. The molecule has 2 N–H and O–H groups in total. The maximum absolute atomic E-state index is 12.6. The van der Waals surface area contributed by atoms with Gasteiger partial charge < -0.3 is 15.5 Å². The Hall–Kier alpha value is -3.49. The van der Waals surface area contributed by atoms with E-state index in [0.717, 1.165) is 5.56 Å². The molecule has 1 aliphatic rings. The third-order valence-corrected chi connectivity index (χ3v) is 6.61. The highest BCUT2D eigenvalue weighted by Crippen LogP contribution is 2.17. The summed E-state index contributed by atoms with van der Waals surface area (Å²) in [5.41, 5.74) is 3.54. The van der Waals surface area contributed by atoms with E-state index < -0.39 is 0 Å². The summed E-state index contributed by atoms with van der Waals surface area (Å²) in [6.45, 7) is 4.88. The molecular weight excluding hydrogens is 448 g/mol. The lowest BCUT2D eigenvalue weighted by atomic mass is 10.1. The summed E-state index contributed by atoms with van der Waals surface area (Å²) in [4.78, 5) is 41.8. The van der Waals surface area contributed by atoms with Crippen LogP contribution in [-0.2, 0) is 16.0 Å². The standard InChI is InChI=1S/C26H28N4O3S/c1-19-4-6-20(7-5-19)17-25(32)30-14-12-29(13-15-30)18-24(31)27-21-8-10-22(11-9-21)28-26(33)23-3-2-16-34-23/h2-11,16H,12-15,17-18H2,1H3,(H,27,31)(H,28,33). The molecule has 3 amide bonds. The zero-order valence-electron chi connectivity index (χ0n) is 19.1. The Kier molecular flexibility index (Phi) is 7.72. The van der Waals surface area contributed by atoms with Crippen molar-refractivity contribution in [1.29, 1.82) is 0 Å². The van der Waals surface area contributed by atoms with E-state index in [0.29, 0.717) is 48.9 Å². The van der Waals surface area contributed by atoms with Crippen LogP contribution in [0.1, 0.15) is 20.8 Å². The number of hydrogen-bond acceptors (Lipinski definition) is 5. The maximum Gasteiger partial charge on any atom is 0.265 e. The first kappa shape index (κ1) is 23.7. The Morgan fingerprint density at radius 2 is 1.50 bits per heavy atom. The van der Waals surface area contributed by atoms with Crippen molar-refractivity contribution in [3.05, 3.63) is 82.0 Å². The van der Waals surface area contributed by atoms with Crippen molar-refractivity contribution in [3.63, 3.8) is 0 Å². The molecule has 1 aliphatic heterocycles. The zero-order valence-corrected chi connectivity index (χ0v) is 19.9. The van der Waals surface area contributed by atoms with Crippen LogP contribution in [0.4, 0.5) is 11.4 Å². The summed E-state index contributed by atoms with van der Waals surface area (Å²) in [6.07, 6.45) is 0.407. The molecule has 1 fully saturated rings. The number of carbonyl (C=O) groups is 3. The van der Waals surface area contributed by atoms with Crippen LogP contribution >= 0.6 is 11.3 Å². The minimum absolute atomic E-state index is 0.102. The van der Waals surface area contributed by atoms with Gasteiger partial charge in [0.1, 0.15) is 0 Å². The average Bonchev–Trinajstić information content (AvgIpc) is 3.37. The summed E-state index contributed by atoms with van der Waals surface area (Å²) in [5.74, 6) is -0.128. The largest absolute Gasteiger partial charge is 0.340 e. The molecule has 0 bridgehead atoms. The number of carbonyl (C=O) groups excluding carboxylic acids is 3. The summed E-state index contributed by atoms with van der Waals surface area (Å²) in [7, 11) is 0. The normalized spacial score (nSPS) is 14.0. The lowest BCUT2D eigenvalue weighted by Gasteiger charge is -2.34. The molecule has 0 saturated carbocycles. The van der Waals surface area contributed by atoms with Crippen LogP contribution in [0, 0.1) is 6.92 Å². The summed E-state index contributed by atoms with van der Waals surface area (Å²) in [5, 5.41) is 7.59. The Morgan fingerprint density at radius 3 is 2.12 bits per heavy atom. The summed E-state index contributed by atoms with van der Waals surface area (Å²) in [6, 6.07) is 18.7. The molecule has 34 heavy (non-hydrogen) atoms. The van der Waals surface area contributed by atoms with Gasteiger partial charge >= 0.3 is 0 Å². The Labute approximate surface area is 203 Å². The van der Waals surface area contributed by atoms with Gasteiger partial charge in [0.15, 0.2) is 0 Å². The second-order valence-corrected chi connectivity index (χ2v) is 9.32. The van der Waals surface area contributed by atoms with Gasteiger partial charge in [0.05, 0.1) is 17.8 Å². The molecule has 8 heteroatoms. The Bertz CT molecular complexity index is 1120. The third-order valence-electron chi connectivity index (χ3n) is 5.74. The zero-order chi connectivity index (χ0) is 23.9. The monoisotopic (exact) mass is 476 g/mol. The fourth-order valence-corrected chi connectivity index (χ4v) is 4.41. The predicted octanol–water partition coefficient (Wildman–Crippen LogP) is 3.63. The second-order valence-electron chi connectivity index (χ2n) is 8.38. The lowest BCUT2D eigenvalue weighted by molar-refractivity contribution is -0.132. The molecule has 7 nitrogen and oxygen atoms in total. The number of nitrogens with zero attached hydrogens (tertiary/aromatic N) is 2. The molecule has 0 spiro atoms. The molecule has 2 aromatic carbocycles. The van der Waals surface area contributed by atoms with E-state index in [1.165, 1.54) is 16.9 Å². The molecule has 0 aliphatic carbocycles. The first-order valence-electron chi connectivity index (χ1n) is 11.3. The van der Waals surface area contributed by atoms with Gasteiger partial charge in [-0.3, -0.25) is 19.3 Å². The molecule has 0 atom stereocenters. The fourth-order valence-electron chi connectivity index (χ4n) is 3.79. The number of anilines is 2. The van der Waals surface area contributed by atoms with Gasteiger partial charge in [-0.05, 0) is 48.2 Å². The highest BCUT2D eigenvalue weighted by atomic mass is 32.1. The van der Waals surface area contributed by atoms with Crippen molar-refractivity contribution < 1.29 is 14.4 Å². The van der Waals surface area contributed by atoms with E-state index >= 15 is 0 Å². The highest BCUT2D eigenvalue weighted by molar-refractivity contribution is 7.12. The van der Waals surface area contributed by atoms with Crippen LogP contribution in [0.5, 0.6) is 0 Å². The maximum atomic E-state index is 12.6. The van der Waals surface area contributed by atoms with Gasteiger partial charge in [-0.2, -0.15) is 0 Å². The van der Waals surface area contributed by atoms with Crippen LogP contribution in [-0.4, -0.2) is 60.2 Å². The number of hydrogen-bond donors (Lipinski definition) is 2. The molecule has 1 aromatic heterocycles. The van der Waals surface area contributed by atoms with Crippen molar-refractivity contribution in [2.75, 3.05) is 43.4 Å². The molecule has 0 radical (unpaired) electrons. The van der Waals surface area contributed by atoms with E-state index in [9.17, 15) is 14.4 Å². The molecule has 176 valence electrons. The summed E-state index contributed by atoms with van der Waals surface area (Å²) >= 11 is 1.39. The number of benzene rings is 2. The molecule has 1 saturated heterocycles. The van der Waals surface area contributed by atoms with Gasteiger partial charge in [-0.15, -0.1) is 11.3 Å². The minimum Gasteiger partial charge on any atom is -0.340 e. The summed E-state index contributed by atoms with van der Waals surface area (Å²) < 4.78 is 0. The van der Waals surface area contributed by atoms with E-state index in [1.54, 1.807) is 30.3 Å². The van der Waals surface area contributed by atoms with Gasteiger partial charge in [-0.1, -0.05) is 35.9 Å². The van der Waals surface area contributed by atoms with E-state index in [-0.39, 0.29) is 24.3 Å². The number of nitrogens with one attached hydrogen (secondary N) is 2. The van der Waals surface area contributed by atoms with Crippen molar-refractivity contribution in [3.8, 4) is 0 Å². The van der Waals surface area contributed by atoms with Crippen molar-refractivity contribution in [2.24, 2.45) is 0 Å². The molecular formula is C26H28N4O3S. The van der Waals surface area contributed by atoms with E-state index in [1.807, 2.05) is 47.5 Å². The van der Waals surface area contributed by atoms with E-state index in [4.69, 9.17) is 0 Å². The number of piperazine rings is 1. The van der Waals surface area contributed by atoms with E-state index in [2.05, 4.69) is 15.5 Å². The van der Waals surface area contributed by atoms with Crippen molar-refractivity contribution >= 4 is 40.4 Å². The first-order chi connectivity index (χ1) is 16.5. The number of rotatable bonds is 7. The van der Waals surface area contributed by atoms with Crippen LogP contribution in [0.15, 0.2) is 66.0 Å². The van der Waals surface area contributed by atoms with Crippen LogP contribution < -0.4 is 10.6 Å². The van der Waals surface area contributed by atoms with Crippen molar-refractivity contribution in [1.82, 2.24) is 9.80 Å². The second kappa shape index (κ2) is 11.1. The fraction of sp³-hybridized carbons (Fsp3) is 0.269. The number of aryl methyl sites for hydroxylation is 1. The molecule has 4 rings (SSSR count). The van der Waals surface area contributed by atoms with Crippen molar-refractivity contribution in [2.45, 2.75) is 13.3 Å². The van der Waals surface area contributed by atoms with Crippen LogP contribution in [0.3, 0.4) is 0 Å².